The van der Waals surface area contributed by atoms with Gasteiger partial charge in [0.2, 0.25) is 0 Å². The van der Waals surface area contributed by atoms with Crippen LogP contribution in [0.2, 0.25) is 0 Å². The van der Waals surface area contributed by atoms with Gasteiger partial charge in [0.05, 0.1) is 22.1 Å². The standard InChI is InChI=1S/C28H26N6O6S/c1-15-20(25(40-32-15)17-5-3-2-4-6-17)12-41-13-21-23(35)24(36)28(39-21)33-11-19(22-26(29)30-14-31-27(22)33)16-7-9-18(10-8-16)34(37)38/h2-11,14,21,23-24,28,35-36H,12-13H2,1H3,(H2,29,30,31)/t21-,23-,24-,28-/m1/s1. The van der Waals surface area contributed by atoms with E-state index in [-0.39, 0.29) is 11.5 Å². The maximum atomic E-state index is 11.1. The molecule has 3 aromatic heterocycles. The van der Waals surface area contributed by atoms with Gasteiger partial charge in [-0.3, -0.25) is 10.1 Å². The third-order valence-corrected chi connectivity index (χ3v) is 8.25. The molecule has 5 aromatic rings. The molecular weight excluding hydrogens is 548 g/mol. The molecule has 210 valence electrons. The van der Waals surface area contributed by atoms with Crippen molar-refractivity contribution in [1.82, 2.24) is 19.7 Å². The molecule has 12 nitrogen and oxygen atoms in total. The number of nitrogens with zero attached hydrogens (tertiary/aromatic N) is 5. The number of nitrogens with two attached hydrogens (primary N) is 1. The number of aryl methyl sites for hydroxylation is 1. The number of nitrogen functional groups attached to an aromatic ring is 1. The van der Waals surface area contributed by atoms with E-state index < -0.39 is 29.5 Å². The number of aliphatic hydroxyl groups is 2. The molecular formula is C28H26N6O6S. The van der Waals surface area contributed by atoms with Crippen LogP contribution < -0.4 is 5.73 Å². The van der Waals surface area contributed by atoms with Gasteiger partial charge >= 0.3 is 0 Å². The lowest BCUT2D eigenvalue weighted by Gasteiger charge is -2.17. The van der Waals surface area contributed by atoms with Gasteiger partial charge in [0.1, 0.15) is 30.0 Å². The molecule has 4 atom stereocenters. The first kappa shape index (κ1) is 26.9. The molecule has 41 heavy (non-hydrogen) atoms. The Morgan fingerprint density at radius 3 is 2.56 bits per heavy atom. The second kappa shape index (κ2) is 10.9. The average molecular weight is 575 g/mol. The first-order chi connectivity index (χ1) is 19.8. The molecule has 1 saturated heterocycles. The largest absolute Gasteiger partial charge is 0.387 e. The minimum Gasteiger partial charge on any atom is -0.387 e. The van der Waals surface area contributed by atoms with Gasteiger partial charge in [0, 0.05) is 46.5 Å². The van der Waals surface area contributed by atoms with Crippen LogP contribution in [0.3, 0.4) is 0 Å². The summed E-state index contributed by atoms with van der Waals surface area (Å²) in [6.07, 6.45) is -0.987. The van der Waals surface area contributed by atoms with Crippen molar-refractivity contribution in [1.29, 1.82) is 0 Å². The number of nitro groups is 1. The third-order valence-electron chi connectivity index (χ3n) is 7.19. The van der Waals surface area contributed by atoms with E-state index in [1.807, 2.05) is 37.3 Å². The Morgan fingerprint density at radius 2 is 1.83 bits per heavy atom. The van der Waals surface area contributed by atoms with Crippen molar-refractivity contribution >= 4 is 34.3 Å². The summed E-state index contributed by atoms with van der Waals surface area (Å²) >= 11 is 1.54. The normalized spacial score (nSPS) is 20.6. The number of nitro benzene ring substituents is 1. The van der Waals surface area contributed by atoms with Gasteiger partial charge in [0.15, 0.2) is 12.0 Å². The molecule has 13 heteroatoms. The van der Waals surface area contributed by atoms with Crippen molar-refractivity contribution in [3.8, 4) is 22.5 Å². The predicted octanol–water partition coefficient (Wildman–Crippen LogP) is 4.10. The number of anilines is 1. The van der Waals surface area contributed by atoms with Crippen molar-refractivity contribution < 1.29 is 24.4 Å². The van der Waals surface area contributed by atoms with E-state index in [9.17, 15) is 20.3 Å². The molecule has 0 spiro atoms. The fraction of sp³-hybridized carbons (Fsp3) is 0.250. The molecule has 0 amide bonds. The van der Waals surface area contributed by atoms with Crippen LogP contribution in [0.4, 0.5) is 11.5 Å². The summed E-state index contributed by atoms with van der Waals surface area (Å²) in [4.78, 5) is 19.1. The number of aromatic nitrogens is 4. The molecule has 1 aliphatic heterocycles. The molecule has 0 aliphatic carbocycles. The molecule has 4 N–H and O–H groups in total. The Kier molecular flexibility index (Phi) is 7.17. The van der Waals surface area contributed by atoms with E-state index in [1.54, 1.807) is 34.7 Å². The molecule has 0 bridgehead atoms. The Hall–Kier alpha value is -4.30. The van der Waals surface area contributed by atoms with Crippen LogP contribution in [0.15, 0.2) is 71.6 Å². The van der Waals surface area contributed by atoms with Gasteiger partial charge in [-0.1, -0.05) is 35.5 Å². The quantitative estimate of drug-likeness (QED) is 0.180. The van der Waals surface area contributed by atoms with Crippen molar-refractivity contribution in [3.05, 3.63) is 88.5 Å². The number of non-ortho nitro benzene ring substituents is 1. The minimum absolute atomic E-state index is 0.0444. The van der Waals surface area contributed by atoms with E-state index in [4.69, 9.17) is 15.0 Å². The first-order valence-electron chi connectivity index (χ1n) is 12.8. The number of fused-ring (bicyclic) bond motifs is 1. The molecule has 4 heterocycles. The third kappa shape index (κ3) is 4.93. The summed E-state index contributed by atoms with van der Waals surface area (Å²) in [6.45, 7) is 1.89. The topological polar surface area (TPSA) is 176 Å². The first-order valence-corrected chi connectivity index (χ1v) is 13.9. The number of ether oxygens (including phenoxy) is 1. The van der Waals surface area contributed by atoms with Crippen LogP contribution in [-0.4, -0.2) is 58.9 Å². The summed E-state index contributed by atoms with van der Waals surface area (Å²) in [5.41, 5.74) is 10.5. The minimum atomic E-state index is -1.24. The van der Waals surface area contributed by atoms with Crippen molar-refractivity contribution in [3.63, 3.8) is 0 Å². The SMILES string of the molecule is Cc1noc(-c2ccccc2)c1CSC[C@H]1O[C@@H](n2cc(-c3ccc([N+](=O)[O-])cc3)c3c(N)ncnc32)[C@H](O)[C@@H]1O. The van der Waals surface area contributed by atoms with E-state index >= 15 is 0 Å². The number of aliphatic hydroxyl groups excluding tert-OH is 2. The molecule has 0 unspecified atom stereocenters. The summed E-state index contributed by atoms with van der Waals surface area (Å²) in [6, 6.07) is 15.7. The summed E-state index contributed by atoms with van der Waals surface area (Å²) in [5.74, 6) is 1.89. The van der Waals surface area contributed by atoms with Crippen molar-refractivity contribution in [2.75, 3.05) is 11.5 Å². The van der Waals surface area contributed by atoms with Crippen molar-refractivity contribution in [2.24, 2.45) is 0 Å². The summed E-state index contributed by atoms with van der Waals surface area (Å²) in [5, 5.41) is 37.7. The fourth-order valence-electron chi connectivity index (χ4n) is 5.03. The van der Waals surface area contributed by atoms with Crippen LogP contribution in [0.25, 0.3) is 33.5 Å². The van der Waals surface area contributed by atoms with Crippen molar-refractivity contribution in [2.45, 2.75) is 37.2 Å². The molecule has 0 saturated carbocycles. The van der Waals surface area contributed by atoms with E-state index in [1.165, 1.54) is 18.5 Å². The van der Waals surface area contributed by atoms with E-state index in [0.29, 0.717) is 39.4 Å². The summed E-state index contributed by atoms with van der Waals surface area (Å²) < 4.78 is 13.4. The molecule has 0 radical (unpaired) electrons. The molecule has 1 fully saturated rings. The second-order valence-electron chi connectivity index (χ2n) is 9.71. The predicted molar refractivity (Wildman–Crippen MR) is 153 cm³/mol. The number of hydrogen-bond donors (Lipinski definition) is 3. The highest BCUT2D eigenvalue weighted by Crippen LogP contribution is 2.40. The molecule has 2 aromatic carbocycles. The Bertz CT molecular complexity index is 1710. The van der Waals surface area contributed by atoms with E-state index in [0.717, 1.165) is 16.8 Å². The molecule has 6 rings (SSSR count). The Labute approximate surface area is 237 Å². The number of thioether (sulfide) groups is 1. The monoisotopic (exact) mass is 574 g/mol. The van der Waals surface area contributed by atoms with Crippen LogP contribution in [0.5, 0.6) is 0 Å². The van der Waals surface area contributed by atoms with Gasteiger partial charge in [-0.25, -0.2) is 9.97 Å². The average Bonchev–Trinajstić information content (AvgIpc) is 3.64. The highest BCUT2D eigenvalue weighted by molar-refractivity contribution is 7.98. The lowest BCUT2D eigenvalue weighted by Crippen LogP contribution is -2.32. The Balaban J connectivity index is 1.23. The zero-order valence-electron chi connectivity index (χ0n) is 21.8. The lowest BCUT2D eigenvalue weighted by atomic mass is 10.1. The van der Waals surface area contributed by atoms with Gasteiger partial charge in [-0.2, -0.15) is 11.8 Å². The number of hydrogen-bond acceptors (Lipinski definition) is 11. The van der Waals surface area contributed by atoms with Gasteiger partial charge in [0.25, 0.3) is 5.69 Å². The summed E-state index contributed by atoms with van der Waals surface area (Å²) in [7, 11) is 0. The van der Waals surface area contributed by atoms with Crippen LogP contribution in [-0.2, 0) is 10.5 Å². The highest BCUT2D eigenvalue weighted by atomic mass is 32.2. The number of benzene rings is 2. The van der Waals surface area contributed by atoms with Gasteiger partial charge in [-0.15, -0.1) is 0 Å². The smallest absolute Gasteiger partial charge is 0.269 e. The molecule has 1 aliphatic rings. The zero-order valence-corrected chi connectivity index (χ0v) is 22.6. The highest BCUT2D eigenvalue weighted by Gasteiger charge is 2.44. The van der Waals surface area contributed by atoms with Crippen LogP contribution >= 0.6 is 11.8 Å². The maximum Gasteiger partial charge on any atom is 0.269 e. The van der Waals surface area contributed by atoms with Gasteiger partial charge in [-0.05, 0) is 24.6 Å². The number of rotatable bonds is 8. The fourth-order valence-corrected chi connectivity index (χ4v) is 6.20. The van der Waals surface area contributed by atoms with Gasteiger partial charge < -0.3 is 29.8 Å². The zero-order chi connectivity index (χ0) is 28.7. The van der Waals surface area contributed by atoms with Crippen LogP contribution in [0, 0.1) is 17.0 Å². The Morgan fingerprint density at radius 1 is 1.07 bits per heavy atom. The van der Waals surface area contributed by atoms with E-state index in [2.05, 4.69) is 15.1 Å². The van der Waals surface area contributed by atoms with Crippen LogP contribution in [0.1, 0.15) is 17.5 Å². The second-order valence-corrected chi connectivity index (χ2v) is 10.7. The maximum absolute atomic E-state index is 11.1. The lowest BCUT2D eigenvalue weighted by molar-refractivity contribution is -0.384.